The van der Waals surface area contributed by atoms with Crippen LogP contribution in [0.1, 0.15) is 12.0 Å². The Morgan fingerprint density at radius 1 is 1.26 bits per heavy atom. The second-order valence-electron chi connectivity index (χ2n) is 4.59. The number of hydrogen-bond acceptors (Lipinski definition) is 3. The van der Waals surface area contributed by atoms with Crippen LogP contribution >= 0.6 is 11.6 Å². The largest absolute Gasteiger partial charge is 0.417 e. The summed E-state index contributed by atoms with van der Waals surface area (Å²) in [5.41, 5.74) is -1.11. The van der Waals surface area contributed by atoms with Crippen LogP contribution in [0.3, 0.4) is 0 Å². The Morgan fingerprint density at radius 3 is 2.48 bits per heavy atom. The Balaban J connectivity index is 2.49. The molecule has 0 unspecified atom stereocenters. The van der Waals surface area contributed by atoms with Crippen molar-refractivity contribution in [3.05, 3.63) is 28.8 Å². The zero-order valence-corrected chi connectivity index (χ0v) is 13.6. The summed E-state index contributed by atoms with van der Waals surface area (Å²) in [5, 5.41) is 4.17. The van der Waals surface area contributed by atoms with Crippen LogP contribution in [0.15, 0.2) is 18.2 Å². The van der Waals surface area contributed by atoms with Crippen LogP contribution in [0.25, 0.3) is 0 Å². The molecule has 0 heterocycles. The number of hydrogen-bond donors (Lipinski definition) is 3. The van der Waals surface area contributed by atoms with E-state index < -0.39 is 32.8 Å². The first-order chi connectivity index (χ1) is 10.5. The Kier molecular flexibility index (Phi) is 6.66. The molecule has 0 aliphatic rings. The van der Waals surface area contributed by atoms with E-state index in [2.05, 4.69) is 15.4 Å². The van der Waals surface area contributed by atoms with Gasteiger partial charge < -0.3 is 10.6 Å². The Labute approximate surface area is 136 Å². The topological polar surface area (TPSA) is 87.3 Å². The summed E-state index contributed by atoms with van der Waals surface area (Å²) < 4.78 is 61.9. The Hall–Kier alpha value is -1.52. The van der Waals surface area contributed by atoms with Gasteiger partial charge in [-0.05, 0) is 24.6 Å². The number of anilines is 1. The molecule has 1 aromatic rings. The van der Waals surface area contributed by atoms with Crippen LogP contribution in [-0.2, 0) is 16.2 Å². The van der Waals surface area contributed by atoms with Gasteiger partial charge in [0.15, 0.2) is 0 Å². The molecule has 0 aromatic heterocycles. The lowest BCUT2D eigenvalue weighted by molar-refractivity contribution is -0.137. The molecule has 0 atom stereocenters. The van der Waals surface area contributed by atoms with Crippen LogP contribution in [0.4, 0.5) is 23.7 Å². The molecule has 0 saturated heterocycles. The molecule has 3 N–H and O–H groups in total. The van der Waals surface area contributed by atoms with Gasteiger partial charge in [0.1, 0.15) is 0 Å². The molecule has 0 aliphatic heterocycles. The number of urea groups is 1. The third-order valence-electron chi connectivity index (χ3n) is 2.53. The summed E-state index contributed by atoms with van der Waals surface area (Å²) in [4.78, 5) is 11.5. The van der Waals surface area contributed by atoms with Crippen LogP contribution < -0.4 is 15.4 Å². The first-order valence-electron chi connectivity index (χ1n) is 6.35. The number of halogens is 4. The van der Waals surface area contributed by atoms with Gasteiger partial charge in [0.05, 0.1) is 16.8 Å². The van der Waals surface area contributed by atoms with Gasteiger partial charge in [-0.15, -0.1) is 0 Å². The highest BCUT2D eigenvalue weighted by Crippen LogP contribution is 2.36. The van der Waals surface area contributed by atoms with Crippen molar-refractivity contribution in [2.24, 2.45) is 0 Å². The van der Waals surface area contributed by atoms with E-state index in [0.29, 0.717) is 6.42 Å². The van der Waals surface area contributed by atoms with Crippen LogP contribution in [0, 0.1) is 0 Å². The maximum atomic E-state index is 12.7. The molecule has 0 spiro atoms. The third kappa shape index (κ3) is 7.53. The number of carbonyl (C=O) groups is 1. The minimum absolute atomic E-state index is 0.0616. The van der Waals surface area contributed by atoms with E-state index >= 15 is 0 Å². The summed E-state index contributed by atoms with van der Waals surface area (Å²) in [6.45, 7) is 0.284. The molecule has 1 rings (SSSR count). The molecule has 130 valence electrons. The van der Waals surface area contributed by atoms with Crippen LogP contribution in [0.2, 0.25) is 5.02 Å². The van der Waals surface area contributed by atoms with Gasteiger partial charge in [-0.2, -0.15) is 13.2 Å². The van der Waals surface area contributed by atoms with E-state index in [-0.39, 0.29) is 18.8 Å². The molecule has 0 radical (unpaired) electrons. The van der Waals surface area contributed by atoms with Gasteiger partial charge in [-0.3, -0.25) is 0 Å². The number of carbonyl (C=O) groups excluding carboxylic acids is 1. The number of rotatable bonds is 6. The van der Waals surface area contributed by atoms with Gasteiger partial charge in [0, 0.05) is 18.8 Å². The van der Waals surface area contributed by atoms with Gasteiger partial charge in [0.25, 0.3) is 0 Å². The molecule has 1 aromatic carbocycles. The monoisotopic (exact) mass is 373 g/mol. The van der Waals surface area contributed by atoms with Crippen molar-refractivity contribution in [3.63, 3.8) is 0 Å². The van der Waals surface area contributed by atoms with Gasteiger partial charge in [0.2, 0.25) is 10.0 Å². The summed E-state index contributed by atoms with van der Waals surface area (Å²) in [7, 11) is -3.29. The number of amides is 2. The van der Waals surface area contributed by atoms with E-state index in [1.165, 1.54) is 6.07 Å². The number of alkyl halides is 3. The standard InChI is InChI=1S/C12H15ClF3N3O3S/c1-23(21,22)18-6-2-5-17-11(20)19-8-3-4-10(13)9(7-8)12(14,15)16/h3-4,7,18H,2,5-6H2,1H3,(H2,17,19,20). The van der Waals surface area contributed by atoms with E-state index in [1.807, 2.05) is 0 Å². The predicted octanol–water partition coefficient (Wildman–Crippen LogP) is 2.42. The number of nitrogens with one attached hydrogen (secondary N) is 3. The first kappa shape index (κ1) is 19.5. The summed E-state index contributed by atoms with van der Waals surface area (Å²) in [6, 6.07) is 2.30. The fourth-order valence-electron chi connectivity index (χ4n) is 1.54. The highest BCUT2D eigenvalue weighted by atomic mass is 35.5. The normalized spacial score (nSPS) is 12.0. The highest BCUT2D eigenvalue weighted by Gasteiger charge is 2.33. The minimum atomic E-state index is -4.62. The molecule has 0 saturated carbocycles. The van der Waals surface area contributed by atoms with Gasteiger partial charge in [-0.25, -0.2) is 17.9 Å². The van der Waals surface area contributed by atoms with Crippen molar-refractivity contribution >= 4 is 33.3 Å². The molecule has 0 fully saturated rings. The second-order valence-corrected chi connectivity index (χ2v) is 6.83. The minimum Gasteiger partial charge on any atom is -0.338 e. The van der Waals surface area contributed by atoms with Crippen molar-refractivity contribution in [2.45, 2.75) is 12.6 Å². The Bertz CT molecular complexity index is 665. The molecule has 0 aliphatic carbocycles. The van der Waals surface area contributed by atoms with E-state index in [0.717, 1.165) is 18.4 Å². The Morgan fingerprint density at radius 2 is 1.91 bits per heavy atom. The van der Waals surface area contributed by atoms with Crippen LogP contribution in [0.5, 0.6) is 0 Å². The second kappa shape index (κ2) is 7.84. The van der Waals surface area contributed by atoms with Crippen molar-refractivity contribution in [3.8, 4) is 0 Å². The van der Waals surface area contributed by atoms with E-state index in [9.17, 15) is 26.4 Å². The highest BCUT2D eigenvalue weighted by molar-refractivity contribution is 7.88. The van der Waals surface area contributed by atoms with Crippen molar-refractivity contribution in [1.82, 2.24) is 10.0 Å². The molecule has 0 bridgehead atoms. The van der Waals surface area contributed by atoms with Gasteiger partial charge >= 0.3 is 12.2 Å². The molecule has 6 nitrogen and oxygen atoms in total. The maximum Gasteiger partial charge on any atom is 0.417 e. The van der Waals surface area contributed by atoms with Crippen molar-refractivity contribution in [2.75, 3.05) is 24.7 Å². The third-order valence-corrected chi connectivity index (χ3v) is 3.59. The molecule has 23 heavy (non-hydrogen) atoms. The fourth-order valence-corrected chi connectivity index (χ4v) is 2.28. The average molecular weight is 374 g/mol. The summed E-state index contributed by atoms with van der Waals surface area (Å²) in [5.74, 6) is 0. The smallest absolute Gasteiger partial charge is 0.338 e. The lowest BCUT2D eigenvalue weighted by Crippen LogP contribution is -2.32. The summed E-state index contributed by atoms with van der Waals surface area (Å²) in [6.07, 6.45) is -3.29. The number of sulfonamides is 1. The zero-order chi connectivity index (χ0) is 17.7. The zero-order valence-electron chi connectivity index (χ0n) is 12.0. The van der Waals surface area contributed by atoms with E-state index in [1.54, 1.807) is 0 Å². The molecule has 2 amide bonds. The molecule has 11 heteroatoms. The lowest BCUT2D eigenvalue weighted by atomic mass is 10.2. The molecular weight excluding hydrogens is 359 g/mol. The van der Waals surface area contributed by atoms with Gasteiger partial charge in [-0.1, -0.05) is 11.6 Å². The first-order valence-corrected chi connectivity index (χ1v) is 8.62. The van der Waals surface area contributed by atoms with E-state index in [4.69, 9.17) is 11.6 Å². The maximum absolute atomic E-state index is 12.7. The average Bonchev–Trinajstić information content (AvgIpc) is 2.38. The van der Waals surface area contributed by atoms with Crippen LogP contribution in [-0.4, -0.2) is 33.8 Å². The SMILES string of the molecule is CS(=O)(=O)NCCCNC(=O)Nc1ccc(Cl)c(C(F)(F)F)c1. The summed E-state index contributed by atoms with van der Waals surface area (Å²) >= 11 is 5.47. The predicted molar refractivity (Wildman–Crippen MR) is 80.9 cm³/mol. The molecular formula is C12H15ClF3N3O3S. The lowest BCUT2D eigenvalue weighted by Gasteiger charge is -2.12. The quantitative estimate of drug-likeness (QED) is 0.669. The van der Waals surface area contributed by atoms with Crippen molar-refractivity contribution < 1.29 is 26.4 Å². The number of benzene rings is 1. The van der Waals surface area contributed by atoms with Crippen molar-refractivity contribution in [1.29, 1.82) is 0 Å². The fraction of sp³-hybridized carbons (Fsp3) is 0.417.